The van der Waals surface area contributed by atoms with E-state index in [1.807, 2.05) is 32.0 Å². The smallest absolute Gasteiger partial charge is 0.306 e. The zero-order valence-corrected chi connectivity index (χ0v) is 17.2. The highest BCUT2D eigenvalue weighted by Crippen LogP contribution is 2.39. The Morgan fingerprint density at radius 2 is 2.28 bits per heavy atom. The molecule has 1 aliphatic rings. The molecule has 2 aromatic rings. The van der Waals surface area contributed by atoms with Crippen LogP contribution < -0.4 is 19.6 Å². The third-order valence-corrected chi connectivity index (χ3v) is 5.73. The summed E-state index contributed by atoms with van der Waals surface area (Å²) < 4.78 is 11.2. The number of carboxylic acid groups (broad SMARTS) is 1. The first kappa shape index (κ1) is 21.2. The summed E-state index contributed by atoms with van der Waals surface area (Å²) in [5, 5.41) is 13.5. The molecule has 3 rings (SSSR count). The van der Waals surface area contributed by atoms with E-state index >= 15 is 0 Å². The van der Waals surface area contributed by atoms with Crippen molar-refractivity contribution in [2.45, 2.75) is 32.7 Å². The molecular weight excluding hydrogens is 369 g/mol. The van der Waals surface area contributed by atoms with Gasteiger partial charge in [-0.25, -0.2) is 0 Å². The Kier molecular flexibility index (Phi) is 6.85. The number of nitrogens with one attached hydrogen (secondary N) is 1. The maximum atomic E-state index is 12.0. The number of hydrogen-bond donors (Lipinski definition) is 2. The Morgan fingerprint density at radius 3 is 2.93 bits per heavy atom. The third kappa shape index (κ3) is 4.58. The second kappa shape index (κ2) is 9.35. The Labute approximate surface area is 172 Å². The monoisotopic (exact) mass is 397 g/mol. The number of hydrogen-bond acceptors (Lipinski definition) is 6. The highest BCUT2D eigenvalue weighted by molar-refractivity contribution is 6.04. The topological polar surface area (TPSA) is 83.9 Å². The first-order valence-electron chi connectivity index (χ1n) is 10.0. The van der Waals surface area contributed by atoms with Crippen LogP contribution in [0.15, 0.2) is 24.4 Å². The van der Waals surface area contributed by atoms with Crippen LogP contribution in [-0.2, 0) is 4.79 Å². The lowest BCUT2D eigenvalue weighted by atomic mass is 9.86. The summed E-state index contributed by atoms with van der Waals surface area (Å²) in [4.78, 5) is 18.6. The Bertz CT molecular complexity index is 854. The first-order chi connectivity index (χ1) is 14.0. The standard InChI is InChI=1S/C21H28BN3O4/c1-4-14(24-22)9-16(21(26)27)13(2)12-25-7-8-29-19-11-23-18-6-5-15(28-3)10-17(18)20(19)25/h5-6,10-11,13-14,16,24H,4,7-9,12H2,1-3H3,(H,26,27)/t13-,14+,16-/m1/s1. The fourth-order valence-corrected chi connectivity index (χ4v) is 3.97. The molecule has 1 aliphatic heterocycles. The second-order valence-electron chi connectivity index (χ2n) is 7.58. The normalized spacial score (nSPS) is 16.6. The number of fused-ring (bicyclic) bond motifs is 3. The molecule has 1 aromatic carbocycles. The number of rotatable bonds is 9. The quantitative estimate of drug-likeness (QED) is 0.630. The predicted octanol–water partition coefficient (Wildman–Crippen LogP) is 2.62. The SMILES string of the molecule is [B]N[C@@H](CC)C[C@@H](C(=O)O)[C@H](C)CN1CCOc2cnc3ccc(OC)cc3c21. The molecule has 0 fully saturated rings. The Balaban J connectivity index is 1.91. The zero-order chi connectivity index (χ0) is 21.0. The number of aliphatic carboxylic acids is 1. The van der Waals surface area contributed by atoms with Gasteiger partial charge in [0.2, 0.25) is 0 Å². The molecule has 0 saturated heterocycles. The van der Waals surface area contributed by atoms with Crippen LogP contribution in [-0.4, -0.2) is 56.9 Å². The number of nitrogens with zero attached hydrogens (tertiary/aromatic N) is 2. The van der Waals surface area contributed by atoms with Crippen LogP contribution in [0.5, 0.6) is 11.5 Å². The predicted molar refractivity (Wildman–Crippen MR) is 114 cm³/mol. The molecule has 0 unspecified atom stereocenters. The van der Waals surface area contributed by atoms with Crippen molar-refractivity contribution in [3.05, 3.63) is 24.4 Å². The lowest BCUT2D eigenvalue weighted by molar-refractivity contribution is -0.143. The van der Waals surface area contributed by atoms with Gasteiger partial charge in [-0.05, 0) is 43.0 Å². The summed E-state index contributed by atoms with van der Waals surface area (Å²) in [6, 6.07) is 5.73. The van der Waals surface area contributed by atoms with Crippen molar-refractivity contribution in [2.75, 3.05) is 31.7 Å². The molecule has 2 heterocycles. The van der Waals surface area contributed by atoms with E-state index in [0.717, 1.165) is 28.8 Å². The van der Waals surface area contributed by atoms with Gasteiger partial charge in [0, 0.05) is 11.9 Å². The van der Waals surface area contributed by atoms with Crippen LogP contribution in [0, 0.1) is 11.8 Å². The van der Waals surface area contributed by atoms with E-state index in [2.05, 4.69) is 15.1 Å². The highest BCUT2D eigenvalue weighted by Gasteiger charge is 2.31. The van der Waals surface area contributed by atoms with E-state index < -0.39 is 11.9 Å². The summed E-state index contributed by atoms with van der Waals surface area (Å²) >= 11 is 0. The molecule has 3 atom stereocenters. The molecule has 0 aliphatic carbocycles. The number of carbonyl (C=O) groups is 1. The maximum absolute atomic E-state index is 12.0. The van der Waals surface area contributed by atoms with Gasteiger partial charge in [0.25, 0.3) is 0 Å². The van der Waals surface area contributed by atoms with Crippen LogP contribution in [0.1, 0.15) is 26.7 Å². The second-order valence-corrected chi connectivity index (χ2v) is 7.58. The molecule has 0 amide bonds. The van der Waals surface area contributed by atoms with Crippen molar-refractivity contribution in [3.63, 3.8) is 0 Å². The van der Waals surface area contributed by atoms with Crippen molar-refractivity contribution in [1.29, 1.82) is 0 Å². The molecule has 1 aromatic heterocycles. The molecule has 0 bridgehead atoms. The molecule has 2 N–H and O–H groups in total. The molecule has 154 valence electrons. The molecule has 8 heteroatoms. The van der Waals surface area contributed by atoms with Crippen LogP contribution in [0.25, 0.3) is 10.9 Å². The minimum Gasteiger partial charge on any atom is -0.497 e. The summed E-state index contributed by atoms with van der Waals surface area (Å²) in [5.41, 5.74) is 1.79. The number of anilines is 1. The van der Waals surface area contributed by atoms with Crippen LogP contribution in [0.4, 0.5) is 5.69 Å². The molecule has 0 spiro atoms. The Hall–Kier alpha value is -2.48. The van der Waals surface area contributed by atoms with Gasteiger partial charge in [-0.15, -0.1) is 0 Å². The summed E-state index contributed by atoms with van der Waals surface area (Å²) in [7, 11) is 7.21. The molecule has 2 radical (unpaired) electrons. The Morgan fingerprint density at radius 1 is 1.48 bits per heavy atom. The molecule has 29 heavy (non-hydrogen) atoms. The minimum absolute atomic E-state index is 0.0233. The number of carboxylic acids is 1. The fraction of sp³-hybridized carbons (Fsp3) is 0.524. The van der Waals surface area contributed by atoms with Gasteiger partial charge < -0.3 is 24.7 Å². The summed E-state index contributed by atoms with van der Waals surface area (Å²) in [6.45, 7) is 5.81. The lowest BCUT2D eigenvalue weighted by Crippen LogP contribution is -2.41. The number of methoxy groups -OCH3 is 1. The van der Waals surface area contributed by atoms with Gasteiger partial charge in [-0.2, -0.15) is 0 Å². The van der Waals surface area contributed by atoms with Crippen LogP contribution >= 0.6 is 0 Å². The first-order valence-corrected chi connectivity index (χ1v) is 10.0. The number of benzene rings is 1. The van der Waals surface area contributed by atoms with Gasteiger partial charge in [0.1, 0.15) is 12.4 Å². The van der Waals surface area contributed by atoms with Gasteiger partial charge in [-0.1, -0.05) is 13.8 Å². The van der Waals surface area contributed by atoms with E-state index in [1.165, 1.54) is 0 Å². The van der Waals surface area contributed by atoms with Gasteiger partial charge in [0.05, 0.1) is 37.0 Å². The van der Waals surface area contributed by atoms with E-state index in [1.54, 1.807) is 13.3 Å². The average Bonchev–Trinajstić information content (AvgIpc) is 2.73. The van der Waals surface area contributed by atoms with Crippen molar-refractivity contribution >= 4 is 30.5 Å². The summed E-state index contributed by atoms with van der Waals surface area (Å²) in [6.07, 6.45) is 3.01. The van der Waals surface area contributed by atoms with E-state index in [0.29, 0.717) is 31.9 Å². The van der Waals surface area contributed by atoms with Gasteiger partial charge in [-0.3, -0.25) is 9.78 Å². The molecule has 7 nitrogen and oxygen atoms in total. The zero-order valence-electron chi connectivity index (χ0n) is 17.2. The van der Waals surface area contributed by atoms with Crippen molar-refractivity contribution in [2.24, 2.45) is 11.8 Å². The van der Waals surface area contributed by atoms with Gasteiger partial charge >= 0.3 is 5.97 Å². The van der Waals surface area contributed by atoms with Crippen molar-refractivity contribution in [1.82, 2.24) is 10.2 Å². The lowest BCUT2D eigenvalue weighted by Gasteiger charge is -2.35. The van der Waals surface area contributed by atoms with Crippen molar-refractivity contribution < 1.29 is 19.4 Å². The maximum Gasteiger partial charge on any atom is 0.306 e. The summed E-state index contributed by atoms with van der Waals surface area (Å²) in [5.74, 6) is 0.0983. The molecular formula is C21H28BN3O4. The largest absolute Gasteiger partial charge is 0.497 e. The van der Waals surface area contributed by atoms with Crippen molar-refractivity contribution in [3.8, 4) is 11.5 Å². The number of aromatic nitrogens is 1. The van der Waals surface area contributed by atoms with E-state index in [9.17, 15) is 9.90 Å². The van der Waals surface area contributed by atoms with Crippen LogP contribution in [0.3, 0.4) is 0 Å². The number of pyridine rings is 1. The van der Waals surface area contributed by atoms with E-state index in [4.69, 9.17) is 17.5 Å². The average molecular weight is 397 g/mol. The third-order valence-electron chi connectivity index (χ3n) is 5.73. The minimum atomic E-state index is -0.791. The van der Waals surface area contributed by atoms with Gasteiger partial charge in [0.15, 0.2) is 13.7 Å². The van der Waals surface area contributed by atoms with Crippen LogP contribution in [0.2, 0.25) is 0 Å². The number of ether oxygens (including phenoxy) is 2. The fourth-order valence-electron chi connectivity index (χ4n) is 3.97. The van der Waals surface area contributed by atoms with E-state index in [-0.39, 0.29) is 12.0 Å². The highest BCUT2D eigenvalue weighted by atomic mass is 16.5. The molecule has 0 saturated carbocycles.